The summed E-state index contributed by atoms with van der Waals surface area (Å²) in [6.07, 6.45) is 0. The largest absolute Gasteiger partial charge is 0.322 e. The van der Waals surface area contributed by atoms with E-state index in [4.69, 9.17) is 0 Å². The van der Waals surface area contributed by atoms with Gasteiger partial charge in [-0.2, -0.15) is 0 Å². The number of aromatic amines is 1. The molecule has 2 aromatic rings. The van der Waals surface area contributed by atoms with E-state index in [1.165, 1.54) is 5.56 Å². The van der Waals surface area contributed by atoms with Crippen molar-refractivity contribution in [2.24, 2.45) is 0 Å². The summed E-state index contributed by atoms with van der Waals surface area (Å²) in [5.41, 5.74) is 2.86. The summed E-state index contributed by atoms with van der Waals surface area (Å²) >= 11 is 0. The zero-order valence-electron chi connectivity index (χ0n) is 8.92. The van der Waals surface area contributed by atoms with Crippen molar-refractivity contribution in [2.75, 3.05) is 7.05 Å². The standard InChI is InChI=1S/C12H14N2O/c1-8-5-10-6-9(7-13-2)3-4-11(10)14-12(8)15/h3-6,13H,7H2,1-2H3,(H,14,15). The van der Waals surface area contributed by atoms with Gasteiger partial charge in [-0.3, -0.25) is 4.79 Å². The Kier molecular flexibility index (Phi) is 2.56. The number of hydrogen-bond acceptors (Lipinski definition) is 2. The molecule has 3 nitrogen and oxygen atoms in total. The van der Waals surface area contributed by atoms with Crippen molar-refractivity contribution in [1.29, 1.82) is 0 Å². The van der Waals surface area contributed by atoms with Gasteiger partial charge in [0.2, 0.25) is 0 Å². The van der Waals surface area contributed by atoms with Crippen molar-refractivity contribution in [1.82, 2.24) is 10.3 Å². The Morgan fingerprint density at radius 2 is 2.13 bits per heavy atom. The topological polar surface area (TPSA) is 44.9 Å². The van der Waals surface area contributed by atoms with Gasteiger partial charge in [0.15, 0.2) is 0 Å². The smallest absolute Gasteiger partial charge is 0.251 e. The average molecular weight is 202 g/mol. The molecule has 0 spiro atoms. The molecule has 0 saturated heterocycles. The monoisotopic (exact) mass is 202 g/mol. The molecular formula is C12H14N2O. The van der Waals surface area contributed by atoms with Gasteiger partial charge in [-0.1, -0.05) is 6.07 Å². The SMILES string of the molecule is CNCc1ccc2[nH]c(=O)c(C)cc2c1. The maximum absolute atomic E-state index is 11.4. The Labute approximate surface area is 88.1 Å². The third-order valence-corrected chi connectivity index (χ3v) is 2.48. The summed E-state index contributed by atoms with van der Waals surface area (Å²) in [5.74, 6) is 0. The third-order valence-electron chi connectivity index (χ3n) is 2.48. The highest BCUT2D eigenvalue weighted by Crippen LogP contribution is 2.13. The number of benzene rings is 1. The molecule has 0 aliphatic heterocycles. The highest BCUT2D eigenvalue weighted by Gasteiger charge is 1.99. The Hall–Kier alpha value is -1.61. The van der Waals surface area contributed by atoms with Gasteiger partial charge in [0.1, 0.15) is 0 Å². The van der Waals surface area contributed by atoms with Crippen LogP contribution in [-0.2, 0) is 6.54 Å². The average Bonchev–Trinajstić information content (AvgIpc) is 2.21. The van der Waals surface area contributed by atoms with Gasteiger partial charge >= 0.3 is 0 Å². The van der Waals surface area contributed by atoms with Crippen LogP contribution in [0.15, 0.2) is 29.1 Å². The highest BCUT2D eigenvalue weighted by molar-refractivity contribution is 5.79. The zero-order valence-corrected chi connectivity index (χ0v) is 8.92. The lowest BCUT2D eigenvalue weighted by atomic mass is 10.1. The molecule has 0 saturated carbocycles. The number of rotatable bonds is 2. The number of pyridine rings is 1. The van der Waals surface area contributed by atoms with Gasteiger partial charge in [0.05, 0.1) is 0 Å². The summed E-state index contributed by atoms with van der Waals surface area (Å²) in [4.78, 5) is 14.2. The van der Waals surface area contributed by atoms with E-state index in [0.717, 1.165) is 23.0 Å². The van der Waals surface area contributed by atoms with Crippen molar-refractivity contribution in [3.63, 3.8) is 0 Å². The summed E-state index contributed by atoms with van der Waals surface area (Å²) in [7, 11) is 1.92. The number of H-pyrrole nitrogens is 1. The number of fused-ring (bicyclic) bond motifs is 1. The molecule has 15 heavy (non-hydrogen) atoms. The molecule has 0 atom stereocenters. The van der Waals surface area contributed by atoms with Crippen molar-refractivity contribution in [3.8, 4) is 0 Å². The van der Waals surface area contributed by atoms with Crippen LogP contribution in [0.3, 0.4) is 0 Å². The lowest BCUT2D eigenvalue weighted by molar-refractivity contribution is 0.819. The van der Waals surface area contributed by atoms with Gasteiger partial charge in [0.25, 0.3) is 5.56 Å². The van der Waals surface area contributed by atoms with Crippen LogP contribution < -0.4 is 10.9 Å². The van der Waals surface area contributed by atoms with Crippen molar-refractivity contribution < 1.29 is 0 Å². The Morgan fingerprint density at radius 3 is 2.87 bits per heavy atom. The Bertz CT molecular complexity index is 543. The van der Waals surface area contributed by atoms with E-state index in [0.29, 0.717) is 0 Å². The van der Waals surface area contributed by atoms with Crippen LogP contribution >= 0.6 is 0 Å². The lowest BCUT2D eigenvalue weighted by Crippen LogP contribution is -2.09. The molecule has 1 aromatic heterocycles. The fourth-order valence-electron chi connectivity index (χ4n) is 1.68. The van der Waals surface area contributed by atoms with Crippen LogP contribution in [0.2, 0.25) is 0 Å². The fraction of sp³-hybridized carbons (Fsp3) is 0.250. The first kappa shape index (κ1) is 9.93. The van der Waals surface area contributed by atoms with E-state index in [2.05, 4.69) is 16.4 Å². The molecule has 3 heteroatoms. The minimum atomic E-state index is -0.0103. The van der Waals surface area contributed by atoms with Crippen LogP contribution in [0.4, 0.5) is 0 Å². The minimum Gasteiger partial charge on any atom is -0.322 e. The third kappa shape index (κ3) is 1.92. The van der Waals surface area contributed by atoms with Crippen molar-refractivity contribution >= 4 is 10.9 Å². The zero-order chi connectivity index (χ0) is 10.8. The predicted molar refractivity (Wildman–Crippen MR) is 62.1 cm³/mol. The molecule has 1 aromatic carbocycles. The molecule has 0 fully saturated rings. The second kappa shape index (κ2) is 3.87. The lowest BCUT2D eigenvalue weighted by Gasteiger charge is -2.03. The number of aromatic nitrogens is 1. The van der Waals surface area contributed by atoms with Crippen LogP contribution in [-0.4, -0.2) is 12.0 Å². The Balaban J connectivity index is 2.61. The van der Waals surface area contributed by atoms with Crippen LogP contribution in [0.5, 0.6) is 0 Å². The fourth-order valence-corrected chi connectivity index (χ4v) is 1.68. The maximum Gasteiger partial charge on any atom is 0.251 e. The molecule has 0 amide bonds. The van der Waals surface area contributed by atoms with Gasteiger partial charge in [-0.05, 0) is 43.1 Å². The molecule has 0 radical (unpaired) electrons. The molecule has 1 heterocycles. The van der Waals surface area contributed by atoms with Gasteiger partial charge in [-0.25, -0.2) is 0 Å². The van der Waals surface area contributed by atoms with Crippen LogP contribution in [0.1, 0.15) is 11.1 Å². The summed E-state index contributed by atoms with van der Waals surface area (Å²) in [5, 5.41) is 4.19. The molecule has 2 N–H and O–H groups in total. The summed E-state index contributed by atoms with van der Waals surface area (Å²) < 4.78 is 0. The maximum atomic E-state index is 11.4. The first-order chi connectivity index (χ1) is 7.20. The van der Waals surface area contributed by atoms with Crippen LogP contribution in [0.25, 0.3) is 10.9 Å². The molecule has 0 bridgehead atoms. The Morgan fingerprint density at radius 1 is 1.33 bits per heavy atom. The van der Waals surface area contributed by atoms with Gasteiger partial charge < -0.3 is 10.3 Å². The van der Waals surface area contributed by atoms with Crippen LogP contribution in [0, 0.1) is 6.92 Å². The quantitative estimate of drug-likeness (QED) is 0.776. The molecular weight excluding hydrogens is 188 g/mol. The summed E-state index contributed by atoms with van der Waals surface area (Å²) in [6, 6.07) is 7.98. The molecule has 2 rings (SSSR count). The minimum absolute atomic E-state index is 0.0103. The van der Waals surface area contributed by atoms with E-state index in [-0.39, 0.29) is 5.56 Å². The normalized spacial score (nSPS) is 10.8. The van der Waals surface area contributed by atoms with E-state index in [1.807, 2.05) is 32.2 Å². The first-order valence-corrected chi connectivity index (χ1v) is 4.98. The molecule has 78 valence electrons. The predicted octanol–water partition coefficient (Wildman–Crippen LogP) is 1.56. The second-order valence-electron chi connectivity index (χ2n) is 3.73. The number of aryl methyl sites for hydroxylation is 1. The van der Waals surface area contributed by atoms with E-state index in [9.17, 15) is 4.79 Å². The summed E-state index contributed by atoms with van der Waals surface area (Å²) in [6.45, 7) is 2.66. The number of nitrogens with one attached hydrogen (secondary N) is 2. The highest BCUT2D eigenvalue weighted by atomic mass is 16.1. The van der Waals surface area contributed by atoms with E-state index >= 15 is 0 Å². The van der Waals surface area contributed by atoms with Gasteiger partial charge in [0, 0.05) is 17.6 Å². The molecule has 0 aliphatic rings. The molecule has 0 aliphatic carbocycles. The van der Waals surface area contributed by atoms with E-state index in [1.54, 1.807) is 0 Å². The second-order valence-corrected chi connectivity index (χ2v) is 3.73. The van der Waals surface area contributed by atoms with Crippen molar-refractivity contribution in [2.45, 2.75) is 13.5 Å². The van der Waals surface area contributed by atoms with Gasteiger partial charge in [-0.15, -0.1) is 0 Å². The number of hydrogen-bond donors (Lipinski definition) is 2. The first-order valence-electron chi connectivity index (χ1n) is 4.98. The van der Waals surface area contributed by atoms with E-state index < -0.39 is 0 Å². The van der Waals surface area contributed by atoms with Crippen molar-refractivity contribution in [3.05, 3.63) is 45.7 Å². The molecule has 0 unspecified atom stereocenters.